The van der Waals surface area contributed by atoms with Gasteiger partial charge in [-0.05, 0) is 54.8 Å². The molecule has 0 saturated carbocycles. The number of unbranched alkanes of at least 4 members (excludes halogenated alkanes) is 1. The molecule has 0 spiro atoms. The number of benzene rings is 2. The number of rotatable bonds is 9. The number of carboxylic acids is 1. The number of anilines is 1. The lowest BCUT2D eigenvalue weighted by atomic mass is 10.1. The first kappa shape index (κ1) is 20.1. The lowest BCUT2D eigenvalue weighted by Crippen LogP contribution is -2.22. The smallest absolute Gasteiger partial charge is 0.303 e. The summed E-state index contributed by atoms with van der Waals surface area (Å²) in [5.41, 5.74) is 1.72. The van der Waals surface area contributed by atoms with E-state index < -0.39 is 11.8 Å². The largest absolute Gasteiger partial charge is 0.481 e. The van der Waals surface area contributed by atoms with Crippen LogP contribution in [-0.4, -0.2) is 22.9 Å². The van der Waals surface area contributed by atoms with Gasteiger partial charge in [-0.15, -0.1) is 0 Å². The number of carbonyl (C=O) groups is 3. The molecule has 3 N–H and O–H groups in total. The fourth-order valence-electron chi connectivity index (χ4n) is 2.41. The topological polar surface area (TPSA) is 95.5 Å². The van der Waals surface area contributed by atoms with Crippen LogP contribution in [0.1, 0.15) is 41.6 Å². The molecule has 0 aliphatic carbocycles. The summed E-state index contributed by atoms with van der Waals surface area (Å²) in [7, 11) is 0. The Balaban J connectivity index is 1.82. The number of hydrogen-bond donors (Lipinski definition) is 3. The van der Waals surface area contributed by atoms with Gasteiger partial charge in [0.15, 0.2) is 0 Å². The second kappa shape index (κ2) is 10.1. The van der Waals surface area contributed by atoms with Crippen LogP contribution in [0.15, 0.2) is 48.5 Å². The van der Waals surface area contributed by atoms with E-state index in [2.05, 4.69) is 10.6 Å². The number of hydrogen-bond acceptors (Lipinski definition) is 3. The van der Waals surface area contributed by atoms with E-state index in [9.17, 15) is 18.8 Å². The van der Waals surface area contributed by atoms with Crippen molar-refractivity contribution in [3.8, 4) is 0 Å². The minimum Gasteiger partial charge on any atom is -0.481 e. The van der Waals surface area contributed by atoms with E-state index in [0.717, 1.165) is 5.56 Å². The Labute approximate surface area is 156 Å². The van der Waals surface area contributed by atoms with E-state index in [0.29, 0.717) is 30.6 Å². The van der Waals surface area contributed by atoms with E-state index >= 15 is 0 Å². The maximum atomic E-state index is 12.9. The first-order valence-corrected chi connectivity index (χ1v) is 8.58. The normalized spacial score (nSPS) is 10.3. The Hall–Kier alpha value is -3.22. The summed E-state index contributed by atoms with van der Waals surface area (Å²) in [6, 6.07) is 12.3. The summed E-state index contributed by atoms with van der Waals surface area (Å²) in [5.74, 6) is -1.78. The van der Waals surface area contributed by atoms with Crippen molar-refractivity contribution in [3.63, 3.8) is 0 Å². The quantitative estimate of drug-likeness (QED) is 0.588. The van der Waals surface area contributed by atoms with Gasteiger partial charge in [0.05, 0.1) is 0 Å². The van der Waals surface area contributed by atoms with E-state index in [1.54, 1.807) is 18.2 Å². The van der Waals surface area contributed by atoms with Crippen LogP contribution in [0.3, 0.4) is 0 Å². The Bertz CT molecular complexity index is 806. The van der Waals surface area contributed by atoms with Crippen LogP contribution in [0, 0.1) is 5.82 Å². The van der Waals surface area contributed by atoms with Crippen molar-refractivity contribution in [3.05, 3.63) is 65.5 Å². The molecule has 142 valence electrons. The molecule has 2 amide bonds. The average molecular weight is 372 g/mol. The molecule has 0 radical (unpaired) electrons. The van der Waals surface area contributed by atoms with Crippen LogP contribution in [0.2, 0.25) is 0 Å². The van der Waals surface area contributed by atoms with Crippen LogP contribution in [-0.2, 0) is 16.1 Å². The highest BCUT2D eigenvalue weighted by atomic mass is 19.1. The van der Waals surface area contributed by atoms with Crippen LogP contribution < -0.4 is 10.6 Å². The molecule has 0 saturated heterocycles. The predicted molar refractivity (Wildman–Crippen MR) is 98.7 cm³/mol. The van der Waals surface area contributed by atoms with Crippen molar-refractivity contribution in [1.82, 2.24) is 5.32 Å². The Morgan fingerprint density at radius 1 is 0.963 bits per heavy atom. The maximum Gasteiger partial charge on any atom is 0.303 e. The van der Waals surface area contributed by atoms with Gasteiger partial charge in [0.1, 0.15) is 5.82 Å². The molecule has 2 rings (SSSR count). The molecule has 0 fully saturated rings. The highest BCUT2D eigenvalue weighted by Gasteiger charge is 2.07. The molecule has 0 aromatic heterocycles. The number of carboxylic acid groups (broad SMARTS) is 1. The molecule has 0 bridgehead atoms. The fourth-order valence-corrected chi connectivity index (χ4v) is 2.41. The average Bonchev–Trinajstić information content (AvgIpc) is 2.64. The van der Waals surface area contributed by atoms with E-state index in [1.165, 1.54) is 24.3 Å². The second-order valence-corrected chi connectivity index (χ2v) is 6.04. The minimum atomic E-state index is -0.866. The van der Waals surface area contributed by atoms with Crippen molar-refractivity contribution in [1.29, 1.82) is 0 Å². The third-order valence-corrected chi connectivity index (χ3v) is 3.83. The van der Waals surface area contributed by atoms with Crippen LogP contribution in [0.25, 0.3) is 0 Å². The highest BCUT2D eigenvalue weighted by Crippen LogP contribution is 2.13. The molecule has 2 aromatic rings. The Kier molecular flexibility index (Phi) is 7.49. The third-order valence-electron chi connectivity index (χ3n) is 3.83. The molecule has 0 atom stereocenters. The Morgan fingerprint density at radius 3 is 2.37 bits per heavy atom. The van der Waals surface area contributed by atoms with Gasteiger partial charge >= 0.3 is 5.97 Å². The van der Waals surface area contributed by atoms with Crippen molar-refractivity contribution < 1.29 is 23.9 Å². The van der Waals surface area contributed by atoms with Crippen molar-refractivity contribution in [2.75, 3.05) is 5.32 Å². The van der Waals surface area contributed by atoms with Gasteiger partial charge < -0.3 is 15.7 Å². The molecule has 0 aliphatic heterocycles. The summed E-state index contributed by atoms with van der Waals surface area (Å²) < 4.78 is 12.9. The molecule has 0 unspecified atom stereocenters. The molecular weight excluding hydrogens is 351 g/mol. The number of nitrogens with one attached hydrogen (secondary N) is 2. The third kappa shape index (κ3) is 7.27. The van der Waals surface area contributed by atoms with Gasteiger partial charge in [-0.1, -0.05) is 12.1 Å². The zero-order valence-corrected chi connectivity index (χ0v) is 14.7. The van der Waals surface area contributed by atoms with Crippen molar-refractivity contribution >= 4 is 23.5 Å². The zero-order valence-electron chi connectivity index (χ0n) is 14.7. The number of carbonyl (C=O) groups excluding carboxylic acids is 2. The van der Waals surface area contributed by atoms with E-state index in [4.69, 9.17) is 5.11 Å². The van der Waals surface area contributed by atoms with Crippen molar-refractivity contribution in [2.24, 2.45) is 0 Å². The summed E-state index contributed by atoms with van der Waals surface area (Å²) >= 11 is 0. The molecule has 6 nitrogen and oxygen atoms in total. The molecule has 2 aromatic carbocycles. The van der Waals surface area contributed by atoms with Gasteiger partial charge in [0.2, 0.25) is 5.91 Å². The zero-order chi connectivity index (χ0) is 19.6. The number of aliphatic carboxylic acids is 1. The number of halogens is 1. The fraction of sp³-hybridized carbons (Fsp3) is 0.250. The summed E-state index contributed by atoms with van der Waals surface area (Å²) in [6.45, 7) is 0.304. The summed E-state index contributed by atoms with van der Waals surface area (Å²) in [5, 5.41) is 14.1. The van der Waals surface area contributed by atoms with E-state index in [1.807, 2.05) is 6.07 Å². The lowest BCUT2D eigenvalue weighted by molar-refractivity contribution is -0.137. The molecular formula is C20H21FN2O4. The molecule has 7 heteroatoms. The van der Waals surface area contributed by atoms with Crippen LogP contribution in [0.5, 0.6) is 0 Å². The monoisotopic (exact) mass is 372 g/mol. The van der Waals surface area contributed by atoms with E-state index in [-0.39, 0.29) is 24.7 Å². The van der Waals surface area contributed by atoms with Crippen LogP contribution in [0.4, 0.5) is 10.1 Å². The second-order valence-electron chi connectivity index (χ2n) is 6.04. The standard InChI is InChI=1S/C20H21FN2O4/c21-16-10-8-15(9-11-16)20(27)23-17-5-3-4-14(12-17)13-22-18(24)6-1-2-7-19(25)26/h3-5,8-12H,1-2,6-7,13H2,(H,22,24)(H,23,27)(H,25,26). The first-order chi connectivity index (χ1) is 12.9. The Morgan fingerprint density at radius 2 is 1.67 bits per heavy atom. The van der Waals surface area contributed by atoms with Gasteiger partial charge in [0.25, 0.3) is 5.91 Å². The summed E-state index contributed by atoms with van der Waals surface area (Å²) in [6.07, 6.45) is 1.32. The predicted octanol–water partition coefficient (Wildman–Crippen LogP) is 3.34. The van der Waals surface area contributed by atoms with Gasteiger partial charge in [-0.3, -0.25) is 14.4 Å². The van der Waals surface area contributed by atoms with Gasteiger partial charge in [0, 0.05) is 30.6 Å². The maximum absolute atomic E-state index is 12.9. The number of amides is 2. The van der Waals surface area contributed by atoms with Crippen molar-refractivity contribution in [2.45, 2.75) is 32.2 Å². The first-order valence-electron chi connectivity index (χ1n) is 8.58. The molecule has 0 heterocycles. The van der Waals surface area contributed by atoms with Gasteiger partial charge in [-0.2, -0.15) is 0 Å². The van der Waals surface area contributed by atoms with Gasteiger partial charge in [-0.25, -0.2) is 4.39 Å². The van der Waals surface area contributed by atoms with Crippen LogP contribution >= 0.6 is 0 Å². The summed E-state index contributed by atoms with van der Waals surface area (Å²) in [4.78, 5) is 34.4. The SMILES string of the molecule is O=C(O)CCCCC(=O)NCc1cccc(NC(=O)c2ccc(F)cc2)c1. The molecule has 27 heavy (non-hydrogen) atoms. The molecule has 0 aliphatic rings. The lowest BCUT2D eigenvalue weighted by Gasteiger charge is -2.09. The minimum absolute atomic E-state index is 0.0586. The highest BCUT2D eigenvalue weighted by molar-refractivity contribution is 6.04.